The normalized spacial score (nSPS) is 10.9. The van der Waals surface area contributed by atoms with Crippen molar-refractivity contribution in [3.8, 4) is 0 Å². The summed E-state index contributed by atoms with van der Waals surface area (Å²) in [6.45, 7) is 10.1. The number of rotatable bonds is 7. The number of carboxylic acids is 2. The summed E-state index contributed by atoms with van der Waals surface area (Å²) in [5, 5.41) is 18.7. The van der Waals surface area contributed by atoms with Gasteiger partial charge in [-0.3, -0.25) is 0 Å². The number of hydrogen-bond acceptors (Lipinski definition) is 2. The van der Waals surface area contributed by atoms with Crippen LogP contribution in [-0.2, 0) is 16.0 Å². The zero-order valence-electron chi connectivity index (χ0n) is 14.5. The van der Waals surface area contributed by atoms with Crippen molar-refractivity contribution in [2.75, 3.05) is 0 Å². The number of carbonyl (C=O) groups is 2. The Balaban J connectivity index is 3.59. The zero-order chi connectivity index (χ0) is 17.7. The van der Waals surface area contributed by atoms with Gasteiger partial charge in [0.1, 0.15) is 5.57 Å². The standard InChI is InChI=1S/C19H26O4/c1-11(2)9-14-7-6-8-15(13(14)5)16(10-12(3)4)17(18(20)21)19(22)23/h6-8,11-12H,9-10H2,1-5H3,(H,20,21)(H,22,23). The third-order valence-corrected chi connectivity index (χ3v) is 3.74. The molecule has 0 saturated heterocycles. The second-order valence-electron chi connectivity index (χ2n) is 6.75. The summed E-state index contributed by atoms with van der Waals surface area (Å²) >= 11 is 0. The summed E-state index contributed by atoms with van der Waals surface area (Å²) in [7, 11) is 0. The van der Waals surface area contributed by atoms with Crippen molar-refractivity contribution in [3.05, 3.63) is 40.5 Å². The fourth-order valence-electron chi connectivity index (χ4n) is 2.78. The molecule has 0 heterocycles. The van der Waals surface area contributed by atoms with Crippen molar-refractivity contribution in [1.82, 2.24) is 0 Å². The fraction of sp³-hybridized carbons (Fsp3) is 0.474. The van der Waals surface area contributed by atoms with E-state index in [1.54, 1.807) is 0 Å². The van der Waals surface area contributed by atoms with Crippen LogP contribution in [0.1, 0.15) is 50.8 Å². The van der Waals surface area contributed by atoms with Crippen LogP contribution in [0.3, 0.4) is 0 Å². The molecule has 4 nitrogen and oxygen atoms in total. The Kier molecular flexibility index (Phi) is 6.55. The summed E-state index contributed by atoms with van der Waals surface area (Å²) in [6.07, 6.45) is 1.30. The molecule has 0 atom stereocenters. The topological polar surface area (TPSA) is 74.6 Å². The molecule has 1 aromatic rings. The van der Waals surface area contributed by atoms with E-state index in [1.165, 1.54) is 0 Å². The third-order valence-electron chi connectivity index (χ3n) is 3.74. The first-order chi connectivity index (χ1) is 10.6. The Morgan fingerprint density at radius 2 is 1.57 bits per heavy atom. The maximum atomic E-state index is 11.5. The van der Waals surface area contributed by atoms with Gasteiger partial charge in [-0.1, -0.05) is 45.9 Å². The van der Waals surface area contributed by atoms with Crippen molar-refractivity contribution >= 4 is 17.5 Å². The van der Waals surface area contributed by atoms with Gasteiger partial charge in [0, 0.05) is 0 Å². The molecule has 0 aliphatic heterocycles. The maximum Gasteiger partial charge on any atom is 0.343 e. The highest BCUT2D eigenvalue weighted by molar-refractivity contribution is 6.18. The molecule has 4 heteroatoms. The first kappa shape index (κ1) is 18.9. The molecular weight excluding hydrogens is 292 g/mol. The van der Waals surface area contributed by atoms with E-state index in [-0.39, 0.29) is 5.92 Å². The van der Waals surface area contributed by atoms with Gasteiger partial charge >= 0.3 is 11.9 Å². The number of benzene rings is 1. The molecule has 0 bridgehead atoms. The molecule has 2 N–H and O–H groups in total. The Morgan fingerprint density at radius 3 is 2.00 bits per heavy atom. The highest BCUT2D eigenvalue weighted by Gasteiger charge is 2.25. The largest absolute Gasteiger partial charge is 0.477 e. The number of allylic oxidation sites excluding steroid dienone is 1. The van der Waals surface area contributed by atoms with Gasteiger partial charge in [-0.2, -0.15) is 0 Å². The molecule has 0 amide bonds. The van der Waals surface area contributed by atoms with E-state index < -0.39 is 17.5 Å². The van der Waals surface area contributed by atoms with Crippen molar-refractivity contribution in [2.45, 2.75) is 47.5 Å². The molecule has 1 aromatic carbocycles. The molecule has 126 valence electrons. The second-order valence-corrected chi connectivity index (χ2v) is 6.75. The molecule has 23 heavy (non-hydrogen) atoms. The van der Waals surface area contributed by atoms with Gasteiger partial charge in [0.25, 0.3) is 0 Å². The summed E-state index contributed by atoms with van der Waals surface area (Å²) in [4.78, 5) is 22.9. The van der Waals surface area contributed by atoms with Gasteiger partial charge < -0.3 is 10.2 Å². The molecule has 1 rings (SSSR count). The first-order valence-electron chi connectivity index (χ1n) is 7.93. The molecule has 0 aromatic heterocycles. The summed E-state index contributed by atoms with van der Waals surface area (Å²) in [6, 6.07) is 5.72. The van der Waals surface area contributed by atoms with Crippen LogP contribution in [0.4, 0.5) is 0 Å². The average Bonchev–Trinajstić information content (AvgIpc) is 2.38. The average molecular weight is 318 g/mol. The summed E-state index contributed by atoms with van der Waals surface area (Å²) in [5.41, 5.74) is 2.72. The van der Waals surface area contributed by atoms with Gasteiger partial charge in [-0.05, 0) is 53.9 Å². The second kappa shape index (κ2) is 7.95. The van der Waals surface area contributed by atoms with E-state index in [1.807, 2.05) is 39.0 Å². The molecule has 0 aliphatic carbocycles. The van der Waals surface area contributed by atoms with Crippen LogP contribution >= 0.6 is 0 Å². The Morgan fingerprint density at radius 1 is 1.00 bits per heavy atom. The maximum absolute atomic E-state index is 11.5. The molecule has 0 unspecified atom stereocenters. The minimum atomic E-state index is -1.39. The van der Waals surface area contributed by atoms with Gasteiger partial charge in [-0.25, -0.2) is 9.59 Å². The number of hydrogen-bond donors (Lipinski definition) is 2. The quantitative estimate of drug-likeness (QED) is 0.449. The minimum Gasteiger partial charge on any atom is -0.477 e. The summed E-state index contributed by atoms with van der Waals surface area (Å²) < 4.78 is 0. The third kappa shape index (κ3) is 4.95. The van der Waals surface area contributed by atoms with Gasteiger partial charge in [0.05, 0.1) is 0 Å². The van der Waals surface area contributed by atoms with Crippen LogP contribution in [0, 0.1) is 18.8 Å². The van der Waals surface area contributed by atoms with Crippen molar-refractivity contribution in [3.63, 3.8) is 0 Å². The van der Waals surface area contributed by atoms with E-state index in [0.29, 0.717) is 17.9 Å². The molecule has 0 aliphatic rings. The van der Waals surface area contributed by atoms with Gasteiger partial charge in [-0.15, -0.1) is 0 Å². The van der Waals surface area contributed by atoms with E-state index >= 15 is 0 Å². The first-order valence-corrected chi connectivity index (χ1v) is 7.93. The summed E-state index contributed by atoms with van der Waals surface area (Å²) in [5.74, 6) is -2.14. The predicted molar refractivity (Wildman–Crippen MR) is 91.4 cm³/mol. The van der Waals surface area contributed by atoms with E-state index in [9.17, 15) is 19.8 Å². The molecule has 0 spiro atoms. The van der Waals surface area contributed by atoms with Crippen LogP contribution in [0.15, 0.2) is 23.8 Å². The van der Waals surface area contributed by atoms with Crippen molar-refractivity contribution < 1.29 is 19.8 Å². The molecule has 0 radical (unpaired) electrons. The van der Waals surface area contributed by atoms with Crippen LogP contribution in [0.2, 0.25) is 0 Å². The van der Waals surface area contributed by atoms with Crippen molar-refractivity contribution in [1.29, 1.82) is 0 Å². The van der Waals surface area contributed by atoms with Crippen molar-refractivity contribution in [2.24, 2.45) is 11.8 Å². The van der Waals surface area contributed by atoms with Crippen LogP contribution < -0.4 is 0 Å². The van der Waals surface area contributed by atoms with E-state index in [4.69, 9.17) is 0 Å². The SMILES string of the molecule is Cc1c(CC(C)C)cccc1C(CC(C)C)=C(C(=O)O)C(=O)O. The van der Waals surface area contributed by atoms with Crippen LogP contribution in [0.25, 0.3) is 5.57 Å². The predicted octanol–water partition coefficient (Wildman–Crippen LogP) is 4.16. The minimum absolute atomic E-state index is 0.159. The lowest BCUT2D eigenvalue weighted by Crippen LogP contribution is -2.15. The number of carboxylic acid groups (broad SMARTS) is 2. The molecule has 0 saturated carbocycles. The fourth-order valence-corrected chi connectivity index (χ4v) is 2.78. The van der Waals surface area contributed by atoms with Gasteiger partial charge in [0.2, 0.25) is 0 Å². The van der Waals surface area contributed by atoms with E-state index in [0.717, 1.165) is 23.1 Å². The van der Waals surface area contributed by atoms with E-state index in [2.05, 4.69) is 13.8 Å². The Hall–Kier alpha value is -2.10. The lowest BCUT2D eigenvalue weighted by molar-refractivity contribution is -0.140. The monoisotopic (exact) mass is 318 g/mol. The van der Waals surface area contributed by atoms with Crippen LogP contribution in [-0.4, -0.2) is 22.2 Å². The lowest BCUT2D eigenvalue weighted by atomic mass is 9.86. The Bertz CT molecular complexity index is 608. The highest BCUT2D eigenvalue weighted by atomic mass is 16.4. The number of aliphatic carboxylic acids is 2. The molecule has 0 fully saturated rings. The highest BCUT2D eigenvalue weighted by Crippen LogP contribution is 2.31. The lowest BCUT2D eigenvalue weighted by Gasteiger charge is -2.18. The zero-order valence-corrected chi connectivity index (χ0v) is 14.5. The van der Waals surface area contributed by atoms with Gasteiger partial charge in [0.15, 0.2) is 0 Å². The Labute approximate surface area is 137 Å². The molecular formula is C19H26O4. The van der Waals surface area contributed by atoms with Crippen LogP contribution in [0.5, 0.6) is 0 Å². The smallest absolute Gasteiger partial charge is 0.343 e.